The first-order chi connectivity index (χ1) is 13.6. The molecule has 0 radical (unpaired) electrons. The van der Waals surface area contributed by atoms with Crippen molar-refractivity contribution in [2.24, 2.45) is 0 Å². The van der Waals surface area contributed by atoms with Gasteiger partial charge in [-0.05, 0) is 56.2 Å². The van der Waals surface area contributed by atoms with E-state index in [2.05, 4.69) is 27.3 Å². The van der Waals surface area contributed by atoms with E-state index < -0.39 is 0 Å². The molecule has 1 aliphatic heterocycles. The number of amides is 1. The number of nitrogens with one attached hydrogen (secondary N) is 1. The number of thiazole rings is 1. The maximum atomic E-state index is 12.7. The van der Waals surface area contributed by atoms with Gasteiger partial charge in [-0.15, -0.1) is 0 Å². The third kappa shape index (κ3) is 3.95. The predicted octanol–water partition coefficient (Wildman–Crippen LogP) is 4.11. The van der Waals surface area contributed by atoms with Crippen molar-refractivity contribution in [3.8, 4) is 5.13 Å². The van der Waals surface area contributed by atoms with Crippen LogP contribution in [0.5, 0.6) is 0 Å². The number of nitrogens with zero attached hydrogens (tertiary/aromatic N) is 3. The number of ether oxygens (including phenoxy) is 1. The molecule has 1 saturated heterocycles. The van der Waals surface area contributed by atoms with Gasteiger partial charge in [0.15, 0.2) is 5.13 Å². The summed E-state index contributed by atoms with van der Waals surface area (Å²) in [6, 6.07) is 11.9. The lowest BCUT2D eigenvalue weighted by atomic mass is 10.1. The van der Waals surface area contributed by atoms with Crippen molar-refractivity contribution in [3.05, 3.63) is 59.4 Å². The Morgan fingerprint density at radius 2 is 1.86 bits per heavy atom. The number of aryl methyl sites for hydroxylation is 1. The van der Waals surface area contributed by atoms with Gasteiger partial charge in [-0.3, -0.25) is 4.79 Å². The number of aromatic nitrogens is 2. The van der Waals surface area contributed by atoms with Gasteiger partial charge in [-0.1, -0.05) is 11.3 Å². The van der Waals surface area contributed by atoms with Crippen LogP contribution in [0.25, 0.3) is 5.13 Å². The summed E-state index contributed by atoms with van der Waals surface area (Å²) in [6.45, 7) is 3.85. The number of rotatable bonds is 5. The Morgan fingerprint density at radius 1 is 1.18 bits per heavy atom. The highest BCUT2D eigenvalue weighted by Gasteiger charge is 2.19. The van der Waals surface area contributed by atoms with E-state index in [0.29, 0.717) is 11.0 Å². The summed E-state index contributed by atoms with van der Waals surface area (Å²) in [7, 11) is 1.78. The lowest BCUT2D eigenvalue weighted by Crippen LogP contribution is -2.36. The predicted molar refractivity (Wildman–Crippen MR) is 113 cm³/mol. The maximum Gasteiger partial charge on any atom is 0.267 e. The van der Waals surface area contributed by atoms with Gasteiger partial charge >= 0.3 is 0 Å². The van der Waals surface area contributed by atoms with Gasteiger partial charge in [-0.2, -0.15) is 0 Å². The molecule has 3 heterocycles. The fourth-order valence-electron chi connectivity index (χ4n) is 3.46. The summed E-state index contributed by atoms with van der Waals surface area (Å²) >= 11 is 1.39. The lowest BCUT2D eigenvalue weighted by Gasteiger charge is -2.33. The van der Waals surface area contributed by atoms with E-state index in [1.54, 1.807) is 7.11 Å². The number of benzene rings is 1. The number of hydrogen-bond donors (Lipinski definition) is 1. The maximum absolute atomic E-state index is 12.7. The van der Waals surface area contributed by atoms with Crippen molar-refractivity contribution in [2.75, 3.05) is 30.4 Å². The molecule has 1 aliphatic rings. The van der Waals surface area contributed by atoms with E-state index in [4.69, 9.17) is 4.74 Å². The monoisotopic (exact) mass is 396 g/mol. The van der Waals surface area contributed by atoms with Crippen molar-refractivity contribution < 1.29 is 9.53 Å². The van der Waals surface area contributed by atoms with Crippen molar-refractivity contribution in [2.45, 2.75) is 25.9 Å². The van der Waals surface area contributed by atoms with Crippen molar-refractivity contribution in [1.82, 2.24) is 9.55 Å². The summed E-state index contributed by atoms with van der Waals surface area (Å²) in [4.78, 5) is 20.2. The molecule has 0 unspecified atom stereocenters. The summed E-state index contributed by atoms with van der Waals surface area (Å²) in [5.41, 5.74) is 2.70. The Kier molecular flexibility index (Phi) is 5.45. The number of carbonyl (C=O) groups excluding carboxylic acids is 1. The first-order valence-electron chi connectivity index (χ1n) is 9.44. The summed E-state index contributed by atoms with van der Waals surface area (Å²) in [6.07, 6.45) is 6.31. The second-order valence-electron chi connectivity index (χ2n) is 6.92. The molecule has 0 saturated carbocycles. The molecule has 3 aromatic rings. The van der Waals surface area contributed by atoms with Crippen LogP contribution < -0.4 is 10.2 Å². The molecule has 7 heteroatoms. The number of piperidine rings is 1. The summed E-state index contributed by atoms with van der Waals surface area (Å²) < 4.78 is 7.35. The Labute approximate surface area is 168 Å². The van der Waals surface area contributed by atoms with Gasteiger partial charge < -0.3 is 19.5 Å². The zero-order valence-corrected chi connectivity index (χ0v) is 16.9. The van der Waals surface area contributed by atoms with Crippen molar-refractivity contribution in [1.29, 1.82) is 0 Å². The first kappa shape index (κ1) is 18.7. The van der Waals surface area contributed by atoms with Crippen LogP contribution in [0, 0.1) is 6.92 Å². The normalized spacial score (nSPS) is 15.0. The quantitative estimate of drug-likeness (QED) is 0.705. The van der Waals surface area contributed by atoms with Crippen LogP contribution in [-0.4, -0.2) is 41.8 Å². The van der Waals surface area contributed by atoms with Crippen LogP contribution >= 0.6 is 11.3 Å². The summed E-state index contributed by atoms with van der Waals surface area (Å²) in [5, 5.41) is 3.78. The van der Waals surface area contributed by atoms with Crippen LogP contribution in [0.4, 0.5) is 11.4 Å². The molecule has 1 N–H and O–H groups in total. The zero-order chi connectivity index (χ0) is 19.5. The first-order valence-corrected chi connectivity index (χ1v) is 10.3. The Hall–Kier alpha value is -2.64. The largest absolute Gasteiger partial charge is 0.381 e. The molecule has 0 bridgehead atoms. The molecule has 1 fully saturated rings. The van der Waals surface area contributed by atoms with Crippen LogP contribution in [-0.2, 0) is 4.74 Å². The molecule has 0 atom stereocenters. The molecule has 0 aliphatic carbocycles. The Balaban J connectivity index is 1.41. The highest BCUT2D eigenvalue weighted by molar-refractivity contribution is 7.16. The fourth-order valence-corrected chi connectivity index (χ4v) is 4.39. The average Bonchev–Trinajstić information content (AvgIpc) is 3.38. The topological polar surface area (TPSA) is 59.4 Å². The number of hydrogen-bond acceptors (Lipinski definition) is 5. The van der Waals surface area contributed by atoms with Gasteiger partial charge in [0.25, 0.3) is 5.91 Å². The highest BCUT2D eigenvalue weighted by Crippen LogP contribution is 2.25. The molecule has 28 heavy (non-hydrogen) atoms. The fraction of sp³-hybridized carbons (Fsp3) is 0.333. The number of anilines is 2. The van der Waals surface area contributed by atoms with Gasteiger partial charge in [0.2, 0.25) is 0 Å². The lowest BCUT2D eigenvalue weighted by molar-refractivity contribution is 0.0819. The third-order valence-corrected chi connectivity index (χ3v) is 6.25. The molecule has 146 valence electrons. The van der Waals surface area contributed by atoms with E-state index in [0.717, 1.165) is 42.4 Å². The minimum absolute atomic E-state index is 0.123. The summed E-state index contributed by atoms with van der Waals surface area (Å²) in [5.74, 6) is -0.123. The molecular weight excluding hydrogens is 372 g/mol. The van der Waals surface area contributed by atoms with E-state index in [9.17, 15) is 4.79 Å². The second kappa shape index (κ2) is 8.16. The van der Waals surface area contributed by atoms with Crippen LogP contribution in [0.3, 0.4) is 0 Å². The Morgan fingerprint density at radius 3 is 2.50 bits per heavy atom. The van der Waals surface area contributed by atoms with E-state index >= 15 is 0 Å². The van der Waals surface area contributed by atoms with Crippen LogP contribution in [0.2, 0.25) is 0 Å². The smallest absolute Gasteiger partial charge is 0.267 e. The molecule has 1 amide bonds. The number of carbonyl (C=O) groups is 1. The minimum atomic E-state index is -0.123. The number of methoxy groups -OCH3 is 1. The molecule has 1 aromatic carbocycles. The van der Waals surface area contributed by atoms with E-state index in [1.165, 1.54) is 17.0 Å². The van der Waals surface area contributed by atoms with E-state index in [-0.39, 0.29) is 5.91 Å². The van der Waals surface area contributed by atoms with Crippen molar-refractivity contribution in [3.63, 3.8) is 0 Å². The molecule has 4 rings (SSSR count). The second-order valence-corrected chi connectivity index (χ2v) is 7.90. The third-order valence-electron chi connectivity index (χ3n) is 5.08. The van der Waals surface area contributed by atoms with Crippen molar-refractivity contribution >= 4 is 28.6 Å². The molecule has 2 aromatic heterocycles. The van der Waals surface area contributed by atoms with E-state index in [1.807, 2.05) is 48.1 Å². The average molecular weight is 397 g/mol. The SMILES string of the molecule is COC1CCN(c2ccc(NC(=O)c3sc(-n4cccc4)nc3C)cc2)CC1. The van der Waals surface area contributed by atoms with Gasteiger partial charge in [0, 0.05) is 44.0 Å². The minimum Gasteiger partial charge on any atom is -0.381 e. The highest BCUT2D eigenvalue weighted by atomic mass is 32.1. The molecular formula is C21H24N4O2S. The van der Waals surface area contributed by atoms with Gasteiger partial charge in [-0.25, -0.2) is 4.98 Å². The van der Waals surface area contributed by atoms with Crippen LogP contribution in [0.1, 0.15) is 28.2 Å². The molecule has 0 spiro atoms. The van der Waals surface area contributed by atoms with Gasteiger partial charge in [0.05, 0.1) is 11.8 Å². The van der Waals surface area contributed by atoms with Crippen LogP contribution in [0.15, 0.2) is 48.8 Å². The Bertz CT molecular complexity index is 926. The standard InChI is InChI=1S/C21H24N4O2S/c1-15-19(28-21(22-15)25-11-3-4-12-25)20(26)23-16-5-7-17(8-6-16)24-13-9-18(27-2)10-14-24/h3-8,11-12,18H,9-10,13-14H2,1-2H3,(H,23,26). The molecule has 6 nitrogen and oxygen atoms in total. The van der Waals surface area contributed by atoms with Gasteiger partial charge in [0.1, 0.15) is 4.88 Å². The zero-order valence-electron chi connectivity index (χ0n) is 16.1.